The van der Waals surface area contributed by atoms with Crippen molar-refractivity contribution in [1.82, 2.24) is 10.2 Å². The van der Waals surface area contributed by atoms with E-state index in [1.807, 2.05) is 51.1 Å². The molecular weight excluding hydrogens is 426 g/mol. The number of likely N-dealkylation sites (tertiary alicyclic amines) is 1. The number of nitrogens with one attached hydrogen (secondary N) is 2. The van der Waals surface area contributed by atoms with Crippen LogP contribution in [0.4, 0.5) is 5.69 Å². The zero-order valence-corrected chi connectivity index (χ0v) is 19.9. The van der Waals surface area contributed by atoms with Crippen molar-refractivity contribution in [3.05, 3.63) is 30.3 Å². The maximum atomic E-state index is 13.9. The minimum atomic E-state index is -0.694. The van der Waals surface area contributed by atoms with Crippen LogP contribution in [0, 0.1) is 11.8 Å². The molecule has 0 aliphatic carbocycles. The third-order valence-electron chi connectivity index (χ3n) is 7.29. The number of carbonyl (C=O) groups is 3. The summed E-state index contributed by atoms with van der Waals surface area (Å²) < 4.78 is -1.07. The molecule has 2 unspecified atom stereocenters. The molecular formula is C24H33N3O4S. The Labute approximate surface area is 193 Å². The number of hydrogen-bond donors (Lipinski definition) is 3. The fourth-order valence-corrected chi connectivity index (χ4v) is 8.32. The first kappa shape index (κ1) is 23.1. The number of benzene rings is 1. The number of nitrogens with zero attached hydrogens (tertiary/aromatic N) is 1. The van der Waals surface area contributed by atoms with Gasteiger partial charge in [0.15, 0.2) is 0 Å². The van der Waals surface area contributed by atoms with Gasteiger partial charge < -0.3 is 20.6 Å². The van der Waals surface area contributed by atoms with E-state index in [4.69, 9.17) is 0 Å². The van der Waals surface area contributed by atoms with Crippen molar-refractivity contribution in [3.63, 3.8) is 0 Å². The average Bonchev–Trinajstić information content (AvgIpc) is 3.30. The molecule has 3 aliphatic rings. The Kier molecular flexibility index (Phi) is 6.05. The molecule has 3 aliphatic heterocycles. The Bertz CT molecular complexity index is 906. The smallest absolute Gasteiger partial charge is 0.244 e. The summed E-state index contributed by atoms with van der Waals surface area (Å²) in [5, 5.41) is 16.0. The number of para-hydroxylation sites is 1. The second-order valence-corrected chi connectivity index (χ2v) is 11.6. The Hall–Kier alpha value is -2.06. The first-order valence-electron chi connectivity index (χ1n) is 11.5. The van der Waals surface area contributed by atoms with Crippen LogP contribution in [0.3, 0.4) is 0 Å². The molecule has 4 rings (SSSR count). The Morgan fingerprint density at radius 3 is 2.50 bits per heavy atom. The second kappa shape index (κ2) is 8.37. The molecule has 8 heteroatoms. The van der Waals surface area contributed by atoms with Gasteiger partial charge in [-0.25, -0.2) is 0 Å². The van der Waals surface area contributed by atoms with E-state index in [2.05, 4.69) is 17.6 Å². The van der Waals surface area contributed by atoms with Gasteiger partial charge in [0.2, 0.25) is 17.7 Å². The first-order valence-corrected chi connectivity index (χ1v) is 12.3. The quantitative estimate of drug-likeness (QED) is 0.582. The largest absolute Gasteiger partial charge is 0.394 e. The van der Waals surface area contributed by atoms with Crippen molar-refractivity contribution in [1.29, 1.82) is 0 Å². The van der Waals surface area contributed by atoms with Crippen LogP contribution < -0.4 is 10.6 Å². The maximum absolute atomic E-state index is 13.9. The van der Waals surface area contributed by atoms with E-state index in [1.54, 1.807) is 16.7 Å². The average molecular weight is 460 g/mol. The van der Waals surface area contributed by atoms with E-state index in [0.29, 0.717) is 18.5 Å². The maximum Gasteiger partial charge on any atom is 0.244 e. The summed E-state index contributed by atoms with van der Waals surface area (Å²) in [7, 11) is 0. The summed E-state index contributed by atoms with van der Waals surface area (Å²) in [5.41, 5.74) is 0.695. The molecule has 2 bridgehead atoms. The minimum absolute atomic E-state index is 0.0690. The second-order valence-electron chi connectivity index (χ2n) is 9.74. The molecule has 1 aromatic carbocycles. The number of amides is 3. The number of hydrogen-bond acceptors (Lipinski definition) is 5. The predicted molar refractivity (Wildman–Crippen MR) is 125 cm³/mol. The van der Waals surface area contributed by atoms with Crippen LogP contribution in [-0.4, -0.2) is 62.0 Å². The Morgan fingerprint density at radius 2 is 1.91 bits per heavy atom. The van der Waals surface area contributed by atoms with Crippen molar-refractivity contribution in [2.24, 2.45) is 11.8 Å². The van der Waals surface area contributed by atoms with Crippen LogP contribution in [-0.2, 0) is 14.4 Å². The predicted octanol–water partition coefficient (Wildman–Crippen LogP) is 2.40. The number of anilines is 1. The summed E-state index contributed by atoms with van der Waals surface area (Å²) in [4.78, 5) is 42.4. The SMILES string of the molecule is CC[C@@H](CO)N1C(=O)[C@@H]2[C@@H](C(=O)Nc3ccccc3)[C@@]3(C)CCC2(S3)C1C(=O)NC(C)C. The van der Waals surface area contributed by atoms with Crippen LogP contribution in [0.1, 0.15) is 47.0 Å². The lowest BCUT2D eigenvalue weighted by molar-refractivity contribution is -0.142. The molecule has 3 fully saturated rings. The van der Waals surface area contributed by atoms with Gasteiger partial charge in [0.1, 0.15) is 6.04 Å². The topological polar surface area (TPSA) is 98.7 Å². The summed E-state index contributed by atoms with van der Waals surface area (Å²) >= 11 is 1.64. The number of thioether (sulfide) groups is 1. The van der Waals surface area contributed by atoms with Crippen molar-refractivity contribution in [2.45, 2.75) is 74.6 Å². The van der Waals surface area contributed by atoms with Crippen LogP contribution in [0.25, 0.3) is 0 Å². The lowest BCUT2D eigenvalue weighted by atomic mass is 9.66. The van der Waals surface area contributed by atoms with E-state index in [9.17, 15) is 19.5 Å². The highest BCUT2D eigenvalue weighted by Gasteiger charge is 2.77. The normalized spacial score (nSPS) is 34.0. The highest BCUT2D eigenvalue weighted by atomic mass is 32.2. The van der Waals surface area contributed by atoms with Gasteiger partial charge in [-0.05, 0) is 52.2 Å². The lowest BCUT2D eigenvalue weighted by Crippen LogP contribution is -2.57. The third kappa shape index (κ3) is 3.43. The van der Waals surface area contributed by atoms with Gasteiger partial charge >= 0.3 is 0 Å². The highest BCUT2D eigenvalue weighted by Crippen LogP contribution is 2.71. The Morgan fingerprint density at radius 1 is 1.22 bits per heavy atom. The molecule has 3 saturated heterocycles. The molecule has 0 radical (unpaired) electrons. The van der Waals surface area contributed by atoms with Gasteiger partial charge in [0.05, 0.1) is 29.2 Å². The number of aliphatic hydroxyl groups excluding tert-OH is 1. The Balaban J connectivity index is 1.75. The van der Waals surface area contributed by atoms with E-state index in [1.165, 1.54) is 0 Å². The monoisotopic (exact) mass is 459 g/mol. The van der Waals surface area contributed by atoms with Crippen molar-refractivity contribution >= 4 is 35.2 Å². The molecule has 32 heavy (non-hydrogen) atoms. The molecule has 1 spiro atoms. The van der Waals surface area contributed by atoms with Crippen molar-refractivity contribution < 1.29 is 19.5 Å². The van der Waals surface area contributed by atoms with Gasteiger partial charge in [-0.15, -0.1) is 11.8 Å². The third-order valence-corrected chi connectivity index (χ3v) is 9.28. The number of carbonyl (C=O) groups excluding carboxylic acids is 3. The minimum Gasteiger partial charge on any atom is -0.394 e. The molecule has 3 heterocycles. The standard InChI is InChI=1S/C24H33N3O4S/c1-5-16(13-28)27-19(21(30)25-14(2)3)24-12-11-23(4,32-24)17(18(24)22(27)31)20(29)26-15-9-7-6-8-10-15/h6-10,14,16-19,28H,5,11-13H2,1-4H3,(H,25,30)(H,26,29)/t16-,17-,18-,19?,23+,24?/m0/s1. The van der Waals surface area contributed by atoms with E-state index in [-0.39, 0.29) is 30.4 Å². The molecule has 7 nitrogen and oxygen atoms in total. The molecule has 0 aromatic heterocycles. The zero-order valence-electron chi connectivity index (χ0n) is 19.1. The van der Waals surface area contributed by atoms with E-state index in [0.717, 1.165) is 6.42 Å². The summed E-state index contributed by atoms with van der Waals surface area (Å²) in [5.74, 6) is -1.67. The van der Waals surface area contributed by atoms with Crippen LogP contribution >= 0.6 is 11.8 Å². The van der Waals surface area contributed by atoms with Gasteiger partial charge in [-0.3, -0.25) is 14.4 Å². The summed E-state index contributed by atoms with van der Waals surface area (Å²) in [6, 6.07) is 8.05. The fraction of sp³-hybridized carbons (Fsp3) is 0.625. The van der Waals surface area contributed by atoms with Gasteiger partial charge in [0.25, 0.3) is 0 Å². The van der Waals surface area contributed by atoms with Gasteiger partial charge in [0, 0.05) is 16.5 Å². The van der Waals surface area contributed by atoms with Crippen molar-refractivity contribution in [2.75, 3.05) is 11.9 Å². The van der Waals surface area contributed by atoms with Gasteiger partial charge in [-0.2, -0.15) is 0 Å². The molecule has 3 N–H and O–H groups in total. The fourth-order valence-electron chi connectivity index (χ4n) is 5.98. The number of rotatable bonds is 7. The molecule has 0 saturated carbocycles. The van der Waals surface area contributed by atoms with Crippen LogP contribution in [0.5, 0.6) is 0 Å². The van der Waals surface area contributed by atoms with Crippen LogP contribution in [0.2, 0.25) is 0 Å². The summed E-state index contributed by atoms with van der Waals surface area (Å²) in [6.07, 6.45) is 2.01. The van der Waals surface area contributed by atoms with E-state index >= 15 is 0 Å². The lowest BCUT2D eigenvalue weighted by Gasteiger charge is -2.37. The number of aliphatic hydroxyl groups is 1. The van der Waals surface area contributed by atoms with Gasteiger partial charge in [-0.1, -0.05) is 25.1 Å². The highest BCUT2D eigenvalue weighted by molar-refractivity contribution is 8.02. The molecule has 174 valence electrons. The molecule has 6 atom stereocenters. The van der Waals surface area contributed by atoms with Crippen LogP contribution in [0.15, 0.2) is 30.3 Å². The zero-order chi connectivity index (χ0) is 23.3. The van der Waals surface area contributed by atoms with Crippen molar-refractivity contribution in [3.8, 4) is 0 Å². The first-order chi connectivity index (χ1) is 15.2. The number of fused-ring (bicyclic) bond motifs is 1. The molecule has 1 aromatic rings. The summed E-state index contributed by atoms with van der Waals surface area (Å²) in [6.45, 7) is 7.54. The molecule has 3 amide bonds. The van der Waals surface area contributed by atoms with E-state index < -0.39 is 33.4 Å².